The van der Waals surface area contributed by atoms with E-state index >= 15 is 0 Å². The Morgan fingerprint density at radius 1 is 0.742 bits per heavy atom. The molecule has 2 heteroatoms. The van der Waals surface area contributed by atoms with Crippen molar-refractivity contribution >= 4 is 28.8 Å². The van der Waals surface area contributed by atoms with Gasteiger partial charge >= 0.3 is 0 Å². The first-order chi connectivity index (χ1) is 15.2. The summed E-state index contributed by atoms with van der Waals surface area (Å²) in [6, 6.07) is 28.6. The van der Waals surface area contributed by atoms with E-state index in [1.165, 1.54) is 22.6 Å². The molecule has 31 heavy (non-hydrogen) atoms. The smallest absolute Gasteiger partial charge is 0.135 e. The molecule has 1 fully saturated rings. The Kier molecular flexibility index (Phi) is 8.12. The molecule has 0 saturated heterocycles. The number of rotatable bonds is 1. The van der Waals surface area contributed by atoms with Crippen molar-refractivity contribution in [2.75, 3.05) is 12.4 Å². The molecule has 2 unspecified atom stereocenters. The minimum atomic E-state index is 0.767. The molecule has 0 spiro atoms. The maximum Gasteiger partial charge on any atom is 0.135 e. The summed E-state index contributed by atoms with van der Waals surface area (Å²) in [6.07, 6.45) is 5.99. The minimum absolute atomic E-state index is 0.767. The standard InChI is InChI=1S/C13H10O.C7H9N.C7H8.C2H6/c1-2-4-12-10(3-1)11-6-8-5-9(8)7-13(11)14-12;1-8-7-5-3-2-4-6-7;1-7-5-3-2-4-6-7;1-2/h1-4,6-9H,5H2;2-6,8H,1H3;2-6H,1H3;1-2H3. The molecule has 2 atom stereocenters. The van der Waals surface area contributed by atoms with Gasteiger partial charge in [-0.05, 0) is 49.5 Å². The summed E-state index contributed by atoms with van der Waals surface area (Å²) >= 11 is 0. The van der Waals surface area contributed by atoms with Gasteiger partial charge in [-0.3, -0.25) is 0 Å². The third-order valence-electron chi connectivity index (χ3n) is 5.30. The molecule has 2 aliphatic rings. The number of nitrogens with one attached hydrogen (secondary N) is 1. The summed E-state index contributed by atoms with van der Waals surface area (Å²) in [6.45, 7) is 6.08. The average molecular weight is 412 g/mol. The SMILES string of the molecule is C1=c2oc3ccccc3c2=CC2CC12.CC.CNc1ccccc1.Cc1ccccc1. The Hall–Kier alpha value is -3.26. The molecular formula is C29H33NO. The van der Waals surface area contributed by atoms with Crippen LogP contribution in [0.3, 0.4) is 0 Å². The first-order valence-electron chi connectivity index (χ1n) is 11.2. The highest BCUT2D eigenvalue weighted by Gasteiger charge is 2.35. The number of anilines is 1. The number of hydrogen-bond acceptors (Lipinski definition) is 2. The molecule has 0 radical (unpaired) electrons. The molecule has 0 aliphatic heterocycles. The van der Waals surface area contributed by atoms with E-state index in [1.807, 2.05) is 81.6 Å². The van der Waals surface area contributed by atoms with Crippen molar-refractivity contribution in [3.05, 3.63) is 101 Å². The fourth-order valence-corrected chi connectivity index (χ4v) is 3.55. The van der Waals surface area contributed by atoms with Gasteiger partial charge < -0.3 is 9.73 Å². The third kappa shape index (κ3) is 6.11. The fourth-order valence-electron chi connectivity index (χ4n) is 3.55. The van der Waals surface area contributed by atoms with Gasteiger partial charge in [0.2, 0.25) is 0 Å². The molecular weight excluding hydrogens is 378 g/mol. The van der Waals surface area contributed by atoms with Crippen LogP contribution < -0.4 is 16.0 Å². The van der Waals surface area contributed by atoms with E-state index < -0.39 is 0 Å². The molecule has 1 aromatic heterocycles. The van der Waals surface area contributed by atoms with Crippen LogP contribution >= 0.6 is 0 Å². The van der Waals surface area contributed by atoms with Crippen LogP contribution in [0.5, 0.6) is 0 Å². The van der Waals surface area contributed by atoms with Crippen molar-refractivity contribution in [3.8, 4) is 0 Å². The molecule has 3 aromatic carbocycles. The number of fused-ring (bicyclic) bond motifs is 4. The second-order valence-electron chi connectivity index (χ2n) is 7.54. The van der Waals surface area contributed by atoms with Gasteiger partial charge in [-0.25, -0.2) is 0 Å². The zero-order valence-electron chi connectivity index (χ0n) is 19.0. The summed E-state index contributed by atoms with van der Waals surface area (Å²) in [5.74, 6) is 1.56. The molecule has 2 aliphatic carbocycles. The Bertz CT molecular complexity index is 1180. The first kappa shape index (κ1) is 22.4. The second-order valence-corrected chi connectivity index (χ2v) is 7.54. The van der Waals surface area contributed by atoms with Crippen LogP contribution in [0.1, 0.15) is 25.8 Å². The number of hydrogen-bond donors (Lipinski definition) is 1. The molecule has 0 amide bonds. The lowest BCUT2D eigenvalue weighted by molar-refractivity contribution is 0.571. The van der Waals surface area contributed by atoms with Crippen molar-refractivity contribution in [1.82, 2.24) is 0 Å². The van der Waals surface area contributed by atoms with Crippen LogP contribution in [0.4, 0.5) is 5.69 Å². The third-order valence-corrected chi connectivity index (χ3v) is 5.30. The Morgan fingerprint density at radius 2 is 1.32 bits per heavy atom. The average Bonchev–Trinajstić information content (AvgIpc) is 3.51. The summed E-state index contributed by atoms with van der Waals surface area (Å²) in [5, 5.41) is 5.61. The predicted molar refractivity (Wildman–Crippen MR) is 135 cm³/mol. The van der Waals surface area contributed by atoms with Gasteiger partial charge in [0.15, 0.2) is 0 Å². The second kappa shape index (κ2) is 11.2. The van der Waals surface area contributed by atoms with E-state index in [-0.39, 0.29) is 0 Å². The van der Waals surface area contributed by atoms with Crippen LogP contribution in [-0.2, 0) is 0 Å². The lowest BCUT2D eigenvalue weighted by Crippen LogP contribution is -2.22. The molecule has 160 valence electrons. The molecule has 1 N–H and O–H groups in total. The van der Waals surface area contributed by atoms with Gasteiger partial charge in [0.25, 0.3) is 0 Å². The molecule has 6 rings (SSSR count). The van der Waals surface area contributed by atoms with E-state index in [0.29, 0.717) is 0 Å². The van der Waals surface area contributed by atoms with Crippen LogP contribution in [0.2, 0.25) is 0 Å². The van der Waals surface area contributed by atoms with Gasteiger partial charge in [0, 0.05) is 23.3 Å². The van der Waals surface area contributed by atoms with Crippen LogP contribution in [0.15, 0.2) is 89.3 Å². The lowest BCUT2D eigenvalue weighted by Gasteiger charge is -1.94. The molecule has 2 nitrogen and oxygen atoms in total. The van der Waals surface area contributed by atoms with Crippen LogP contribution in [-0.4, -0.2) is 7.05 Å². The van der Waals surface area contributed by atoms with Crippen LogP contribution in [0, 0.1) is 18.8 Å². The fraction of sp³-hybridized carbons (Fsp3) is 0.241. The molecule has 1 heterocycles. The van der Waals surface area contributed by atoms with E-state index in [1.54, 1.807) is 0 Å². The Labute approximate surface area is 185 Å². The highest BCUT2D eigenvalue weighted by molar-refractivity contribution is 5.80. The Morgan fingerprint density at radius 3 is 1.90 bits per heavy atom. The normalized spacial score (nSPS) is 16.8. The van der Waals surface area contributed by atoms with E-state index in [0.717, 1.165) is 28.5 Å². The van der Waals surface area contributed by atoms with Gasteiger partial charge in [0.05, 0.1) is 0 Å². The van der Waals surface area contributed by atoms with Gasteiger partial charge in [-0.2, -0.15) is 0 Å². The van der Waals surface area contributed by atoms with Gasteiger partial charge in [-0.1, -0.05) is 92.2 Å². The quantitative estimate of drug-likeness (QED) is 0.392. The lowest BCUT2D eigenvalue weighted by atomic mass is 10.1. The maximum atomic E-state index is 5.80. The summed E-state index contributed by atoms with van der Waals surface area (Å²) in [4.78, 5) is 0. The highest BCUT2D eigenvalue weighted by Crippen LogP contribution is 2.42. The number of furan rings is 1. The highest BCUT2D eigenvalue weighted by atomic mass is 16.3. The monoisotopic (exact) mass is 411 g/mol. The maximum absolute atomic E-state index is 5.80. The Balaban J connectivity index is 0.000000138. The predicted octanol–water partition coefficient (Wildman–Crippen LogP) is 6.39. The van der Waals surface area contributed by atoms with E-state index in [2.05, 4.69) is 48.7 Å². The van der Waals surface area contributed by atoms with E-state index in [9.17, 15) is 0 Å². The topological polar surface area (TPSA) is 25.2 Å². The largest absolute Gasteiger partial charge is 0.456 e. The first-order valence-corrected chi connectivity index (χ1v) is 11.2. The van der Waals surface area contributed by atoms with Crippen molar-refractivity contribution in [2.24, 2.45) is 11.8 Å². The minimum Gasteiger partial charge on any atom is -0.456 e. The summed E-state index contributed by atoms with van der Waals surface area (Å²) < 4.78 is 5.80. The van der Waals surface area contributed by atoms with Gasteiger partial charge in [0.1, 0.15) is 11.0 Å². The van der Waals surface area contributed by atoms with Gasteiger partial charge in [-0.15, -0.1) is 0 Å². The van der Waals surface area contributed by atoms with Crippen molar-refractivity contribution < 1.29 is 4.42 Å². The number of benzene rings is 3. The number of para-hydroxylation sites is 2. The zero-order valence-corrected chi connectivity index (χ0v) is 19.0. The van der Waals surface area contributed by atoms with E-state index in [4.69, 9.17) is 4.42 Å². The van der Waals surface area contributed by atoms with Crippen molar-refractivity contribution in [2.45, 2.75) is 27.2 Å². The summed E-state index contributed by atoms with van der Waals surface area (Å²) in [7, 11) is 1.91. The molecule has 4 aromatic rings. The number of aryl methyl sites for hydroxylation is 1. The molecule has 0 bridgehead atoms. The van der Waals surface area contributed by atoms with Crippen molar-refractivity contribution in [3.63, 3.8) is 0 Å². The summed E-state index contributed by atoms with van der Waals surface area (Å²) in [5.41, 5.74) is 4.59. The van der Waals surface area contributed by atoms with Crippen LogP contribution in [0.25, 0.3) is 23.1 Å². The van der Waals surface area contributed by atoms with Crippen molar-refractivity contribution in [1.29, 1.82) is 0 Å². The zero-order chi connectivity index (χ0) is 22.1. The molecule has 1 saturated carbocycles.